The van der Waals surface area contributed by atoms with Crippen molar-refractivity contribution >= 4 is 21.5 Å². The predicted molar refractivity (Wildman–Crippen MR) is 177 cm³/mol. The number of aryl methyl sites for hydroxylation is 2. The fourth-order valence-corrected chi connectivity index (χ4v) is 5.05. The number of hydrogen-bond acceptors (Lipinski definition) is 2. The molecule has 2 nitrogen and oxygen atoms in total. The Kier molecular flexibility index (Phi) is 17.4. The Bertz CT molecular complexity index is 1540. The van der Waals surface area contributed by atoms with Crippen LogP contribution in [0.25, 0.3) is 43.8 Å². The number of ether oxygens (including phenoxy) is 2. The Morgan fingerprint density at radius 3 is 1.20 bits per heavy atom. The number of hydrogen-bond donors (Lipinski definition) is 0. The molecule has 0 saturated heterocycles. The molecular formula is C39H40Cl2O2Zr-4. The molecule has 6 aromatic rings. The van der Waals surface area contributed by atoms with E-state index in [0.717, 1.165) is 30.8 Å². The molecule has 0 N–H and O–H groups in total. The van der Waals surface area contributed by atoms with Crippen molar-refractivity contribution in [2.45, 2.75) is 33.1 Å². The summed E-state index contributed by atoms with van der Waals surface area (Å²) < 4.78 is 10.4. The Morgan fingerprint density at radius 1 is 0.568 bits per heavy atom. The topological polar surface area (TPSA) is 18.5 Å². The van der Waals surface area contributed by atoms with Crippen molar-refractivity contribution in [1.82, 2.24) is 0 Å². The molecule has 0 radical (unpaired) electrons. The minimum atomic E-state index is 0. The number of methoxy groups -OCH3 is 2. The molecule has 0 unspecified atom stereocenters. The normalized spacial score (nSPS) is 9.77. The number of benzene rings is 4. The molecule has 0 aromatic heterocycles. The van der Waals surface area contributed by atoms with E-state index >= 15 is 0 Å². The van der Waals surface area contributed by atoms with Gasteiger partial charge in [0.25, 0.3) is 0 Å². The number of rotatable bonds is 6. The molecule has 230 valence electrons. The molecule has 6 aromatic carbocycles. The van der Waals surface area contributed by atoms with Crippen LogP contribution in [0.15, 0.2) is 109 Å². The molecular weight excluding hydrogens is 663 g/mol. The van der Waals surface area contributed by atoms with E-state index in [1.54, 1.807) is 14.2 Å². The first-order valence-electron chi connectivity index (χ1n) is 14.3. The van der Waals surface area contributed by atoms with Crippen LogP contribution in [0.5, 0.6) is 11.5 Å². The van der Waals surface area contributed by atoms with E-state index in [0.29, 0.717) is 0 Å². The van der Waals surface area contributed by atoms with Crippen LogP contribution < -0.4 is 34.3 Å². The molecule has 0 saturated carbocycles. The fourth-order valence-electron chi connectivity index (χ4n) is 5.05. The first-order valence-corrected chi connectivity index (χ1v) is 14.3. The van der Waals surface area contributed by atoms with Crippen LogP contribution in [0, 0.1) is 13.8 Å². The van der Waals surface area contributed by atoms with Crippen molar-refractivity contribution < 1.29 is 60.5 Å². The summed E-state index contributed by atoms with van der Waals surface area (Å²) in [6, 6.07) is 38.7. The summed E-state index contributed by atoms with van der Waals surface area (Å²) in [5, 5.41) is 5.32. The smallest absolute Gasteiger partial charge is 1.00 e. The Labute approximate surface area is 295 Å². The van der Waals surface area contributed by atoms with Crippen molar-refractivity contribution in [2.75, 3.05) is 14.2 Å². The minimum Gasteiger partial charge on any atom is -1.00 e. The zero-order valence-corrected chi connectivity index (χ0v) is 30.0. The SMILES string of the molecule is CCc1cc2c(-c3ccc(OC)cc3)cccc2[cH-]1.CCc1cc2c(-c3ccc(OC)cc3)cccc2[cH-]1.[CH2-]C[CH2-].[Cl-].[Cl-].[Zr+2]. The minimum absolute atomic E-state index is 0. The van der Waals surface area contributed by atoms with Crippen LogP contribution >= 0.6 is 0 Å². The van der Waals surface area contributed by atoms with Gasteiger partial charge < -0.3 is 54.6 Å². The quantitative estimate of drug-likeness (QED) is 0.236. The maximum Gasteiger partial charge on any atom is 2.00 e. The second-order valence-corrected chi connectivity index (χ2v) is 9.86. The molecule has 6 rings (SSSR count). The van der Waals surface area contributed by atoms with Crippen LogP contribution in [0.4, 0.5) is 0 Å². The third kappa shape index (κ3) is 9.58. The zero-order chi connectivity index (χ0) is 29.2. The third-order valence-corrected chi connectivity index (χ3v) is 7.24. The summed E-state index contributed by atoms with van der Waals surface area (Å²) in [5.74, 6) is 1.79. The second kappa shape index (κ2) is 19.5. The third-order valence-electron chi connectivity index (χ3n) is 7.24. The molecule has 0 heterocycles. The average molecular weight is 703 g/mol. The van der Waals surface area contributed by atoms with Crippen molar-refractivity contribution in [3.63, 3.8) is 0 Å². The van der Waals surface area contributed by atoms with Gasteiger partial charge in [0, 0.05) is 0 Å². The van der Waals surface area contributed by atoms with Gasteiger partial charge in [-0.3, -0.25) is 0 Å². The van der Waals surface area contributed by atoms with Crippen molar-refractivity contribution in [2.24, 2.45) is 0 Å². The summed E-state index contributed by atoms with van der Waals surface area (Å²) in [5.41, 5.74) is 7.85. The maximum absolute atomic E-state index is 5.21. The van der Waals surface area contributed by atoms with Crippen molar-refractivity contribution in [3.8, 4) is 33.8 Å². The van der Waals surface area contributed by atoms with Gasteiger partial charge in [0.15, 0.2) is 0 Å². The van der Waals surface area contributed by atoms with E-state index < -0.39 is 0 Å². The van der Waals surface area contributed by atoms with Crippen molar-refractivity contribution in [3.05, 3.63) is 134 Å². The molecule has 0 spiro atoms. The molecule has 0 aliphatic heterocycles. The molecule has 0 atom stereocenters. The van der Waals surface area contributed by atoms with E-state index in [1.165, 1.54) is 54.9 Å². The summed E-state index contributed by atoms with van der Waals surface area (Å²) in [7, 11) is 3.39. The maximum atomic E-state index is 5.21. The van der Waals surface area contributed by atoms with Gasteiger partial charge >= 0.3 is 26.2 Å². The van der Waals surface area contributed by atoms with Crippen LogP contribution in [0.2, 0.25) is 0 Å². The van der Waals surface area contributed by atoms with Crippen LogP contribution in [-0.2, 0) is 39.0 Å². The van der Waals surface area contributed by atoms with E-state index in [1.807, 2.05) is 24.3 Å². The van der Waals surface area contributed by atoms with Gasteiger partial charge in [0.2, 0.25) is 0 Å². The Hall–Kier alpha value is -2.84. The van der Waals surface area contributed by atoms with E-state index in [-0.39, 0.29) is 51.0 Å². The van der Waals surface area contributed by atoms with Gasteiger partial charge in [-0.15, -0.1) is 69.1 Å². The molecule has 0 bridgehead atoms. The van der Waals surface area contributed by atoms with Gasteiger partial charge in [-0.2, -0.15) is 12.1 Å². The summed E-state index contributed by atoms with van der Waals surface area (Å²) in [4.78, 5) is 0. The van der Waals surface area contributed by atoms with Crippen LogP contribution in [0.3, 0.4) is 0 Å². The van der Waals surface area contributed by atoms with Gasteiger partial charge in [0.1, 0.15) is 11.5 Å². The van der Waals surface area contributed by atoms with E-state index in [9.17, 15) is 0 Å². The van der Waals surface area contributed by atoms with Crippen LogP contribution in [0.1, 0.15) is 31.4 Å². The molecule has 0 aliphatic rings. The zero-order valence-electron chi connectivity index (χ0n) is 26.0. The Balaban J connectivity index is 0.000000380. The largest absolute Gasteiger partial charge is 2.00 e. The standard InChI is InChI=1S/2C18H17O.C3H6.2ClH.Zr/c2*1-3-13-11-15-5-4-6-17(18(15)12-13)14-7-9-16(19-2)10-8-14;1-3-2;;;/h2*4-12H,3H2,1-2H3;1-3H2;2*1H;/q2*-1;-2;;;+2/p-2. The number of fused-ring (bicyclic) bond motifs is 2. The van der Waals surface area contributed by atoms with E-state index in [4.69, 9.17) is 9.47 Å². The number of halogens is 2. The van der Waals surface area contributed by atoms with Crippen LogP contribution in [-0.4, -0.2) is 14.2 Å². The fraction of sp³-hybridized carbons (Fsp3) is 0.179. The van der Waals surface area contributed by atoms with Gasteiger partial charge in [0.05, 0.1) is 14.2 Å². The molecule has 0 fully saturated rings. The van der Waals surface area contributed by atoms with Crippen molar-refractivity contribution in [1.29, 1.82) is 0 Å². The summed E-state index contributed by atoms with van der Waals surface area (Å²) in [6.45, 7) is 11.1. The average Bonchev–Trinajstić information content (AvgIpc) is 3.66. The van der Waals surface area contributed by atoms with Gasteiger partial charge in [-0.05, 0) is 48.2 Å². The summed E-state index contributed by atoms with van der Waals surface area (Å²) >= 11 is 0. The predicted octanol–water partition coefficient (Wildman–Crippen LogP) is 4.64. The van der Waals surface area contributed by atoms with Gasteiger partial charge in [-0.1, -0.05) is 61.4 Å². The Morgan fingerprint density at radius 2 is 0.909 bits per heavy atom. The van der Waals surface area contributed by atoms with Gasteiger partial charge in [-0.25, -0.2) is 0 Å². The second-order valence-electron chi connectivity index (χ2n) is 9.86. The summed E-state index contributed by atoms with van der Waals surface area (Å²) in [6.07, 6.45) is 2.91. The monoisotopic (exact) mass is 700 g/mol. The molecule has 0 amide bonds. The van der Waals surface area contributed by atoms with E-state index in [2.05, 4.69) is 113 Å². The first kappa shape index (κ1) is 39.2. The molecule has 5 heteroatoms. The first-order chi connectivity index (χ1) is 20.0. The molecule has 44 heavy (non-hydrogen) atoms. The molecule has 0 aliphatic carbocycles.